The third-order valence-electron chi connectivity index (χ3n) is 3.98. The lowest BCUT2D eigenvalue weighted by atomic mass is 10.1. The van der Waals surface area contributed by atoms with Crippen LogP contribution in [0, 0.1) is 0 Å². The van der Waals surface area contributed by atoms with Gasteiger partial charge in [-0.1, -0.05) is 6.07 Å². The highest BCUT2D eigenvalue weighted by Crippen LogP contribution is 2.31. The Kier molecular flexibility index (Phi) is 3.12. The van der Waals surface area contributed by atoms with Crippen molar-refractivity contribution < 1.29 is 13.2 Å². The molecule has 1 aromatic rings. The SMILES string of the molecule is FC(F)(F)c1cccc(NC2CCN3CCCC23)n1. The molecular weight excluding hydrogens is 255 g/mol. The largest absolute Gasteiger partial charge is 0.433 e. The maximum absolute atomic E-state index is 12.6. The first-order chi connectivity index (χ1) is 9.04. The van der Waals surface area contributed by atoms with Crippen molar-refractivity contribution in [2.45, 2.75) is 37.5 Å². The molecule has 2 saturated heterocycles. The van der Waals surface area contributed by atoms with Gasteiger partial charge in [0, 0.05) is 18.6 Å². The van der Waals surface area contributed by atoms with Gasteiger partial charge in [0.2, 0.25) is 0 Å². The van der Waals surface area contributed by atoms with Gasteiger partial charge in [0.15, 0.2) is 0 Å². The second-order valence-corrected chi connectivity index (χ2v) is 5.19. The highest BCUT2D eigenvalue weighted by atomic mass is 19.4. The van der Waals surface area contributed by atoms with Crippen molar-refractivity contribution in [1.29, 1.82) is 0 Å². The summed E-state index contributed by atoms with van der Waals surface area (Å²) in [4.78, 5) is 6.08. The van der Waals surface area contributed by atoms with E-state index in [9.17, 15) is 13.2 Å². The van der Waals surface area contributed by atoms with E-state index >= 15 is 0 Å². The van der Waals surface area contributed by atoms with Crippen molar-refractivity contribution in [3.8, 4) is 0 Å². The van der Waals surface area contributed by atoms with Gasteiger partial charge < -0.3 is 5.32 Å². The van der Waals surface area contributed by atoms with E-state index in [0.717, 1.165) is 32.0 Å². The fourth-order valence-electron chi connectivity index (χ4n) is 3.11. The summed E-state index contributed by atoms with van der Waals surface area (Å²) in [5, 5.41) is 3.17. The highest BCUT2D eigenvalue weighted by molar-refractivity contribution is 5.38. The lowest BCUT2D eigenvalue weighted by Crippen LogP contribution is -2.34. The van der Waals surface area contributed by atoms with Crippen molar-refractivity contribution in [1.82, 2.24) is 9.88 Å². The van der Waals surface area contributed by atoms with E-state index in [-0.39, 0.29) is 6.04 Å². The van der Waals surface area contributed by atoms with Gasteiger partial charge in [0.05, 0.1) is 0 Å². The van der Waals surface area contributed by atoms with Crippen molar-refractivity contribution in [2.24, 2.45) is 0 Å². The average Bonchev–Trinajstić information content (AvgIpc) is 2.93. The van der Waals surface area contributed by atoms with Crippen LogP contribution in [0.5, 0.6) is 0 Å². The molecule has 2 unspecified atom stereocenters. The molecule has 0 bridgehead atoms. The van der Waals surface area contributed by atoms with Crippen LogP contribution in [0.4, 0.5) is 19.0 Å². The number of hydrogen-bond donors (Lipinski definition) is 1. The fourth-order valence-corrected chi connectivity index (χ4v) is 3.11. The van der Waals surface area contributed by atoms with Crippen LogP contribution >= 0.6 is 0 Å². The molecule has 0 radical (unpaired) electrons. The van der Waals surface area contributed by atoms with E-state index in [1.165, 1.54) is 12.5 Å². The predicted molar refractivity (Wildman–Crippen MR) is 65.9 cm³/mol. The topological polar surface area (TPSA) is 28.2 Å². The Hall–Kier alpha value is -1.30. The van der Waals surface area contributed by atoms with Crippen molar-refractivity contribution in [2.75, 3.05) is 18.4 Å². The molecule has 3 nitrogen and oxygen atoms in total. The Morgan fingerprint density at radius 3 is 2.84 bits per heavy atom. The lowest BCUT2D eigenvalue weighted by Gasteiger charge is -2.22. The first-order valence-corrected chi connectivity index (χ1v) is 6.59. The summed E-state index contributed by atoms with van der Waals surface area (Å²) in [5.74, 6) is 0.327. The number of alkyl halides is 3. The van der Waals surface area contributed by atoms with Crippen molar-refractivity contribution >= 4 is 5.82 Å². The number of nitrogens with zero attached hydrogens (tertiary/aromatic N) is 2. The number of aromatic nitrogens is 1. The van der Waals surface area contributed by atoms with Gasteiger partial charge in [-0.05, 0) is 37.9 Å². The molecule has 1 aromatic heterocycles. The van der Waals surface area contributed by atoms with Crippen LogP contribution in [-0.2, 0) is 6.18 Å². The molecule has 0 aromatic carbocycles. The van der Waals surface area contributed by atoms with Crippen LogP contribution in [0.1, 0.15) is 25.0 Å². The Morgan fingerprint density at radius 1 is 1.21 bits per heavy atom. The summed E-state index contributed by atoms with van der Waals surface area (Å²) >= 11 is 0. The van der Waals surface area contributed by atoms with Crippen LogP contribution in [-0.4, -0.2) is 35.1 Å². The Morgan fingerprint density at radius 2 is 2.05 bits per heavy atom. The third-order valence-corrected chi connectivity index (χ3v) is 3.98. The Bertz CT molecular complexity index is 461. The predicted octanol–water partition coefficient (Wildman–Crippen LogP) is 2.75. The zero-order chi connectivity index (χ0) is 13.5. The molecule has 3 heterocycles. The molecule has 104 valence electrons. The van der Waals surface area contributed by atoms with Gasteiger partial charge in [-0.25, -0.2) is 4.98 Å². The molecule has 0 aliphatic carbocycles. The maximum Gasteiger partial charge on any atom is 0.433 e. The van der Waals surface area contributed by atoms with Crippen molar-refractivity contribution in [3.63, 3.8) is 0 Å². The monoisotopic (exact) mass is 271 g/mol. The van der Waals surface area contributed by atoms with Gasteiger partial charge in [-0.2, -0.15) is 13.2 Å². The Balaban J connectivity index is 1.73. The van der Waals surface area contributed by atoms with E-state index in [1.54, 1.807) is 6.07 Å². The van der Waals surface area contributed by atoms with E-state index in [0.29, 0.717) is 11.9 Å². The zero-order valence-electron chi connectivity index (χ0n) is 10.5. The molecule has 1 N–H and O–H groups in total. The minimum absolute atomic E-state index is 0.221. The molecule has 6 heteroatoms. The molecular formula is C13H16F3N3. The normalized spacial score (nSPS) is 27.5. The molecule has 0 saturated carbocycles. The standard InChI is InChI=1S/C13H16F3N3/c14-13(15,16)11-4-1-5-12(18-11)17-9-6-8-19-7-2-3-10(9)19/h1,4-5,9-10H,2-3,6-8H2,(H,17,18). The van der Waals surface area contributed by atoms with E-state index < -0.39 is 11.9 Å². The molecule has 2 fully saturated rings. The quantitative estimate of drug-likeness (QED) is 0.896. The van der Waals surface area contributed by atoms with E-state index in [2.05, 4.69) is 15.2 Å². The molecule has 3 rings (SSSR count). The molecule has 19 heavy (non-hydrogen) atoms. The van der Waals surface area contributed by atoms with Gasteiger partial charge >= 0.3 is 6.18 Å². The van der Waals surface area contributed by atoms with E-state index in [1.807, 2.05) is 0 Å². The second kappa shape index (κ2) is 4.67. The molecule has 2 aliphatic rings. The minimum Gasteiger partial charge on any atom is -0.366 e. The molecule has 0 spiro atoms. The van der Waals surface area contributed by atoms with Gasteiger partial charge in [-0.3, -0.25) is 4.90 Å². The zero-order valence-corrected chi connectivity index (χ0v) is 10.5. The smallest absolute Gasteiger partial charge is 0.366 e. The highest BCUT2D eigenvalue weighted by Gasteiger charge is 2.37. The van der Waals surface area contributed by atoms with Crippen LogP contribution < -0.4 is 5.32 Å². The first-order valence-electron chi connectivity index (χ1n) is 6.59. The summed E-state index contributed by atoms with van der Waals surface area (Å²) in [5.41, 5.74) is -0.834. The number of anilines is 1. The summed E-state index contributed by atoms with van der Waals surface area (Å²) < 4.78 is 37.8. The van der Waals surface area contributed by atoms with Crippen LogP contribution in [0.2, 0.25) is 0 Å². The number of pyridine rings is 1. The van der Waals surface area contributed by atoms with Gasteiger partial charge in [-0.15, -0.1) is 0 Å². The molecule has 2 atom stereocenters. The first kappa shape index (κ1) is 12.7. The summed E-state index contributed by atoms with van der Waals surface area (Å²) in [7, 11) is 0. The average molecular weight is 271 g/mol. The number of hydrogen-bond acceptors (Lipinski definition) is 3. The van der Waals surface area contributed by atoms with Crippen LogP contribution in [0.15, 0.2) is 18.2 Å². The van der Waals surface area contributed by atoms with Gasteiger partial charge in [0.1, 0.15) is 11.5 Å². The molecule has 2 aliphatic heterocycles. The van der Waals surface area contributed by atoms with Crippen LogP contribution in [0.3, 0.4) is 0 Å². The third kappa shape index (κ3) is 2.54. The number of nitrogens with one attached hydrogen (secondary N) is 1. The minimum atomic E-state index is -4.38. The number of fused-ring (bicyclic) bond motifs is 1. The maximum atomic E-state index is 12.6. The summed E-state index contributed by atoms with van der Waals surface area (Å²) in [6.07, 6.45) is -1.11. The van der Waals surface area contributed by atoms with Crippen LogP contribution in [0.25, 0.3) is 0 Å². The van der Waals surface area contributed by atoms with E-state index in [4.69, 9.17) is 0 Å². The Labute approximate surface area is 109 Å². The van der Waals surface area contributed by atoms with Gasteiger partial charge in [0.25, 0.3) is 0 Å². The van der Waals surface area contributed by atoms with Crippen molar-refractivity contribution in [3.05, 3.63) is 23.9 Å². The fraction of sp³-hybridized carbons (Fsp3) is 0.615. The number of rotatable bonds is 2. The number of halogens is 3. The molecule has 0 amide bonds. The summed E-state index contributed by atoms with van der Waals surface area (Å²) in [6.45, 7) is 2.14. The summed E-state index contributed by atoms with van der Waals surface area (Å²) in [6, 6.07) is 4.68. The second-order valence-electron chi connectivity index (χ2n) is 5.19. The lowest BCUT2D eigenvalue weighted by molar-refractivity contribution is -0.141.